The Hall–Kier alpha value is -8.98. The van der Waals surface area contributed by atoms with Crippen LogP contribution in [0.5, 0.6) is 11.5 Å². The quantitative estimate of drug-likeness (QED) is 0.158. The molecule has 2 nitrogen and oxygen atoms in total. The van der Waals surface area contributed by atoms with E-state index in [1.165, 1.54) is 83.3 Å². The van der Waals surface area contributed by atoms with Crippen LogP contribution in [0.1, 0.15) is 39.8 Å². The molecule has 0 fully saturated rings. The third kappa shape index (κ3) is 6.42. The van der Waals surface area contributed by atoms with Gasteiger partial charge in [0.2, 0.25) is 0 Å². The van der Waals surface area contributed by atoms with Crippen LogP contribution in [-0.4, -0.2) is 0 Å². The first-order valence-corrected chi connectivity index (χ1v) is 24.8. The summed E-state index contributed by atoms with van der Waals surface area (Å²) in [5.74, 6) is 1.92. The van der Waals surface area contributed by atoms with Crippen LogP contribution in [0.25, 0.3) is 72.5 Å². The van der Waals surface area contributed by atoms with Crippen LogP contribution in [0.15, 0.2) is 255 Å². The second-order valence-electron chi connectivity index (χ2n) is 19.0. The Morgan fingerprint density at radius 3 is 1.77 bits per heavy atom. The molecule has 71 heavy (non-hydrogen) atoms. The second-order valence-corrected chi connectivity index (χ2v) is 19.0. The molecule has 1 heterocycles. The number of aryl methyl sites for hydroxylation is 1. The predicted molar refractivity (Wildman–Crippen MR) is 295 cm³/mol. The lowest BCUT2D eigenvalue weighted by Gasteiger charge is -2.41. The number of nitrogens with zero attached hydrogens (tertiary/aromatic N) is 1. The van der Waals surface area contributed by atoms with E-state index >= 15 is 0 Å². The molecular formula is C69H47NO. The van der Waals surface area contributed by atoms with Crippen molar-refractivity contribution in [2.45, 2.75) is 18.3 Å². The Bertz CT molecular complexity index is 3910. The van der Waals surface area contributed by atoms with E-state index in [0.717, 1.165) is 57.9 Å². The highest BCUT2D eigenvalue weighted by molar-refractivity contribution is 6.01. The van der Waals surface area contributed by atoms with E-state index < -0.39 is 5.41 Å². The van der Waals surface area contributed by atoms with Gasteiger partial charge in [-0.15, -0.1) is 0 Å². The van der Waals surface area contributed by atoms with Crippen molar-refractivity contribution in [3.05, 3.63) is 288 Å². The summed E-state index contributed by atoms with van der Waals surface area (Å²) in [5, 5.41) is 2.30. The third-order valence-corrected chi connectivity index (χ3v) is 15.2. The summed E-state index contributed by atoms with van der Waals surface area (Å²) in [4.78, 5) is 2.43. The van der Waals surface area contributed by atoms with Gasteiger partial charge in [0.25, 0.3) is 0 Å². The summed E-state index contributed by atoms with van der Waals surface area (Å²) in [6.07, 6.45) is 6.64. The SMILES string of the molecule is C1=Cc2c(ccc3c2Oc2c(ccc4ccccc24)C32c3ccccc3-c3c(-c4cccc(N(c5ccc(-c6ccccc6-c6ccccc6)cc5)c5ccccc5-c5ccccc5)c4)cccc32)CC1. The van der Waals surface area contributed by atoms with Gasteiger partial charge >= 0.3 is 0 Å². The molecule has 14 rings (SSSR count). The average Bonchev–Trinajstić information content (AvgIpc) is 3.75. The fraction of sp³-hybridized carbons (Fsp3) is 0.0435. The molecule has 334 valence electrons. The monoisotopic (exact) mass is 905 g/mol. The Morgan fingerprint density at radius 1 is 0.380 bits per heavy atom. The lowest BCUT2D eigenvalue weighted by Crippen LogP contribution is -2.32. The van der Waals surface area contributed by atoms with Crippen molar-refractivity contribution in [2.75, 3.05) is 4.90 Å². The molecule has 0 bridgehead atoms. The Kier molecular flexibility index (Phi) is 9.60. The summed E-state index contributed by atoms with van der Waals surface area (Å²) in [6, 6.07) is 91.4. The minimum atomic E-state index is -0.617. The van der Waals surface area contributed by atoms with Crippen LogP contribution < -0.4 is 9.64 Å². The number of hydrogen-bond donors (Lipinski definition) is 0. The van der Waals surface area contributed by atoms with Gasteiger partial charge in [0.05, 0.1) is 11.1 Å². The molecule has 2 aliphatic carbocycles. The Morgan fingerprint density at radius 2 is 0.972 bits per heavy atom. The van der Waals surface area contributed by atoms with E-state index in [0.29, 0.717) is 0 Å². The molecule has 1 atom stereocenters. The van der Waals surface area contributed by atoms with Crippen molar-refractivity contribution in [1.82, 2.24) is 0 Å². The molecule has 1 aliphatic heterocycles. The predicted octanol–water partition coefficient (Wildman–Crippen LogP) is 18.4. The maximum absolute atomic E-state index is 7.29. The van der Waals surface area contributed by atoms with E-state index in [-0.39, 0.29) is 0 Å². The summed E-state index contributed by atoms with van der Waals surface area (Å²) in [6.45, 7) is 0. The van der Waals surface area contributed by atoms with Crippen LogP contribution in [0.3, 0.4) is 0 Å². The van der Waals surface area contributed by atoms with Crippen LogP contribution in [-0.2, 0) is 11.8 Å². The highest BCUT2D eigenvalue weighted by Crippen LogP contribution is 2.65. The zero-order valence-corrected chi connectivity index (χ0v) is 39.1. The van der Waals surface area contributed by atoms with Crippen molar-refractivity contribution in [3.63, 3.8) is 0 Å². The molecule has 0 saturated carbocycles. The molecule has 0 amide bonds. The van der Waals surface area contributed by atoms with Gasteiger partial charge in [-0.25, -0.2) is 0 Å². The minimum Gasteiger partial charge on any atom is -0.455 e. The van der Waals surface area contributed by atoms with Gasteiger partial charge in [-0.2, -0.15) is 0 Å². The first-order valence-electron chi connectivity index (χ1n) is 24.8. The van der Waals surface area contributed by atoms with Crippen molar-refractivity contribution < 1.29 is 4.74 Å². The minimum absolute atomic E-state index is 0.617. The van der Waals surface area contributed by atoms with Gasteiger partial charge in [-0.05, 0) is 115 Å². The zero-order valence-electron chi connectivity index (χ0n) is 39.1. The molecule has 2 heteroatoms. The maximum atomic E-state index is 7.29. The molecule has 3 aliphatic rings. The van der Waals surface area contributed by atoms with Crippen LogP contribution in [0.2, 0.25) is 0 Å². The van der Waals surface area contributed by atoms with Crippen molar-refractivity contribution in [2.24, 2.45) is 0 Å². The molecule has 1 unspecified atom stereocenters. The number of allylic oxidation sites excluding steroid dienone is 1. The topological polar surface area (TPSA) is 12.5 Å². The largest absolute Gasteiger partial charge is 0.455 e. The number of hydrogen-bond acceptors (Lipinski definition) is 2. The zero-order chi connectivity index (χ0) is 46.9. The first kappa shape index (κ1) is 41.0. The van der Waals surface area contributed by atoms with Crippen molar-refractivity contribution in [1.29, 1.82) is 0 Å². The van der Waals surface area contributed by atoms with Crippen LogP contribution in [0.4, 0.5) is 17.1 Å². The number of para-hydroxylation sites is 1. The van der Waals surface area contributed by atoms with Crippen LogP contribution in [0, 0.1) is 0 Å². The molecule has 11 aromatic carbocycles. The van der Waals surface area contributed by atoms with E-state index in [9.17, 15) is 0 Å². The fourth-order valence-corrected chi connectivity index (χ4v) is 12.1. The molecule has 0 N–H and O–H groups in total. The Labute approximate surface area is 415 Å². The number of benzene rings is 11. The lowest BCUT2D eigenvalue weighted by molar-refractivity contribution is 0.439. The lowest BCUT2D eigenvalue weighted by atomic mass is 9.65. The smallest absolute Gasteiger partial charge is 0.140 e. The third-order valence-electron chi connectivity index (χ3n) is 15.2. The highest BCUT2D eigenvalue weighted by atomic mass is 16.5. The molecule has 11 aromatic rings. The normalized spacial score (nSPS) is 14.8. The van der Waals surface area contributed by atoms with Gasteiger partial charge in [-0.3, -0.25) is 0 Å². The number of rotatable bonds is 7. The number of anilines is 3. The van der Waals surface area contributed by atoms with Gasteiger partial charge in [0.15, 0.2) is 0 Å². The molecular weight excluding hydrogens is 859 g/mol. The van der Waals surface area contributed by atoms with Crippen molar-refractivity contribution >= 4 is 33.9 Å². The summed E-state index contributed by atoms with van der Waals surface area (Å²) in [7, 11) is 0. The van der Waals surface area contributed by atoms with Crippen LogP contribution >= 0.6 is 0 Å². The van der Waals surface area contributed by atoms with Gasteiger partial charge < -0.3 is 9.64 Å². The highest BCUT2D eigenvalue weighted by Gasteiger charge is 2.52. The van der Waals surface area contributed by atoms with E-state index in [1.54, 1.807) is 0 Å². The number of fused-ring (bicyclic) bond motifs is 13. The summed E-state index contributed by atoms with van der Waals surface area (Å²) >= 11 is 0. The van der Waals surface area contributed by atoms with Crippen molar-refractivity contribution in [3.8, 4) is 67.1 Å². The summed E-state index contributed by atoms with van der Waals surface area (Å²) < 4.78 is 7.29. The first-order chi connectivity index (χ1) is 35.2. The van der Waals surface area contributed by atoms with Gasteiger partial charge in [-0.1, -0.05) is 231 Å². The maximum Gasteiger partial charge on any atom is 0.140 e. The van der Waals surface area contributed by atoms with Gasteiger partial charge in [0, 0.05) is 39.0 Å². The standard InChI is InChI=1S/C69H47NO/c1-3-19-46(20-4-1)54-27-11-12-28-55(54)50-37-41-52(42-38-50)70(65-36-16-14-29-56(65)47-21-5-2-6-22-47)53-26-17-25-51(45-53)57-33-18-35-62-66(57)60-32-13-15-34-61(60)69(62)63-43-39-48-23-7-9-30-58(48)67(63)71-68-59-31-10-8-24-49(59)40-44-64(68)69/h1-7,9-23,25-45H,8,24H2. The van der Waals surface area contributed by atoms with E-state index in [1.807, 2.05) is 0 Å². The van der Waals surface area contributed by atoms with Gasteiger partial charge in [0.1, 0.15) is 11.5 Å². The Balaban J connectivity index is 0.969. The number of ether oxygens (including phenoxy) is 1. The van der Waals surface area contributed by atoms with E-state index in [2.05, 4.69) is 266 Å². The van der Waals surface area contributed by atoms with E-state index in [4.69, 9.17) is 4.74 Å². The molecule has 0 aromatic heterocycles. The molecule has 0 saturated heterocycles. The summed E-state index contributed by atoms with van der Waals surface area (Å²) in [5.41, 5.74) is 22.1. The molecule has 1 spiro atoms. The molecule has 0 radical (unpaired) electrons. The average molecular weight is 906 g/mol. The fourth-order valence-electron chi connectivity index (χ4n) is 12.1. The second kappa shape index (κ2) is 16.6.